The van der Waals surface area contributed by atoms with Crippen LogP contribution in [0.1, 0.15) is 27.2 Å². The van der Waals surface area contributed by atoms with Crippen molar-refractivity contribution in [3.63, 3.8) is 0 Å². The van der Waals surface area contributed by atoms with Gasteiger partial charge < -0.3 is 14.1 Å². The number of aryl methyl sites for hydroxylation is 2. The molecule has 1 heterocycles. The van der Waals surface area contributed by atoms with E-state index in [1.165, 1.54) is 5.56 Å². The van der Waals surface area contributed by atoms with Gasteiger partial charge in [-0.25, -0.2) is 0 Å². The largest absolute Gasteiger partial charge is 0.478 e. The first-order valence-corrected chi connectivity index (χ1v) is 12.9. The smallest absolute Gasteiger partial charge is 0.289 e. The third-order valence-electron chi connectivity index (χ3n) is 6.50. The summed E-state index contributed by atoms with van der Waals surface area (Å²) >= 11 is 3.61. The topological polar surface area (TPSA) is 66.5 Å². The molecule has 0 atom stereocenters. The number of carbonyl (C=O) groups is 1. The van der Waals surface area contributed by atoms with E-state index in [-0.39, 0.29) is 12.5 Å². The molecular formula is C31H25BrN2O3. The van der Waals surface area contributed by atoms with Crippen LogP contribution in [0.5, 0.6) is 5.75 Å². The zero-order valence-corrected chi connectivity index (χ0v) is 22.0. The van der Waals surface area contributed by atoms with E-state index in [0.29, 0.717) is 24.5 Å². The first-order valence-electron chi connectivity index (χ1n) is 12.1. The number of para-hydroxylation sites is 1. The average Bonchev–Trinajstić information content (AvgIpc) is 3.30. The van der Waals surface area contributed by atoms with Crippen LogP contribution < -0.4 is 4.74 Å². The maximum Gasteiger partial charge on any atom is 0.289 e. The van der Waals surface area contributed by atoms with E-state index >= 15 is 0 Å². The van der Waals surface area contributed by atoms with Crippen molar-refractivity contribution in [3.05, 3.63) is 112 Å². The fourth-order valence-electron chi connectivity index (χ4n) is 4.66. The molecule has 6 heteroatoms. The van der Waals surface area contributed by atoms with E-state index in [9.17, 15) is 4.79 Å². The van der Waals surface area contributed by atoms with Crippen molar-refractivity contribution >= 4 is 43.6 Å². The fourth-order valence-corrected chi connectivity index (χ4v) is 5.25. The third kappa shape index (κ3) is 5.09. The predicted octanol–water partition coefficient (Wildman–Crippen LogP) is 7.31. The lowest BCUT2D eigenvalue weighted by Gasteiger charge is -2.19. The summed E-state index contributed by atoms with van der Waals surface area (Å²) in [4.78, 5) is 15.4. The molecule has 5 nitrogen and oxygen atoms in total. The molecule has 0 N–H and O–H groups in total. The van der Waals surface area contributed by atoms with Gasteiger partial charge in [0.05, 0.1) is 4.47 Å². The minimum atomic E-state index is -0.149. The zero-order chi connectivity index (χ0) is 25.8. The number of benzene rings is 4. The SMILES string of the molecule is CN(Cc1cccc2c(Br)c(OCC#N)ccc12)C(=O)c1oc2ccccc2c1CCc1ccccc1. The van der Waals surface area contributed by atoms with Crippen LogP contribution in [-0.2, 0) is 19.4 Å². The Balaban J connectivity index is 1.43. The van der Waals surface area contributed by atoms with Crippen LogP contribution in [0.25, 0.3) is 21.7 Å². The lowest BCUT2D eigenvalue weighted by molar-refractivity contribution is 0.0755. The minimum absolute atomic E-state index is 0.0227. The molecule has 0 bridgehead atoms. The highest BCUT2D eigenvalue weighted by atomic mass is 79.9. The van der Waals surface area contributed by atoms with Gasteiger partial charge in [-0.3, -0.25) is 4.79 Å². The Morgan fingerprint density at radius 1 is 0.919 bits per heavy atom. The van der Waals surface area contributed by atoms with Crippen LogP contribution in [0.2, 0.25) is 0 Å². The highest BCUT2D eigenvalue weighted by molar-refractivity contribution is 9.10. The van der Waals surface area contributed by atoms with Gasteiger partial charge in [-0.2, -0.15) is 5.26 Å². The molecule has 0 aliphatic carbocycles. The molecule has 0 aliphatic heterocycles. The van der Waals surface area contributed by atoms with E-state index < -0.39 is 0 Å². The summed E-state index contributed by atoms with van der Waals surface area (Å²) in [7, 11) is 1.80. The van der Waals surface area contributed by atoms with Gasteiger partial charge in [0.25, 0.3) is 5.91 Å². The highest BCUT2D eigenvalue weighted by Crippen LogP contribution is 2.35. The molecule has 5 rings (SSSR count). The van der Waals surface area contributed by atoms with Crippen molar-refractivity contribution < 1.29 is 13.9 Å². The summed E-state index contributed by atoms with van der Waals surface area (Å²) < 4.78 is 12.4. The summed E-state index contributed by atoms with van der Waals surface area (Å²) in [5.74, 6) is 0.860. The number of nitriles is 1. The van der Waals surface area contributed by atoms with Gasteiger partial charge >= 0.3 is 0 Å². The molecule has 4 aromatic carbocycles. The quantitative estimate of drug-likeness (QED) is 0.202. The molecule has 184 valence electrons. The Kier molecular flexibility index (Phi) is 7.25. The van der Waals surface area contributed by atoms with Gasteiger partial charge in [-0.15, -0.1) is 0 Å². The number of rotatable bonds is 8. The van der Waals surface area contributed by atoms with Crippen LogP contribution in [-0.4, -0.2) is 24.5 Å². The second-order valence-electron chi connectivity index (χ2n) is 8.89. The van der Waals surface area contributed by atoms with Gasteiger partial charge in [0.1, 0.15) is 17.4 Å². The molecule has 0 spiro atoms. The molecule has 0 saturated heterocycles. The summed E-state index contributed by atoms with van der Waals surface area (Å²) in [6, 6.07) is 29.9. The van der Waals surface area contributed by atoms with Crippen molar-refractivity contribution in [2.45, 2.75) is 19.4 Å². The summed E-state index contributed by atoms with van der Waals surface area (Å²) in [6.07, 6.45) is 1.53. The number of hydrogen-bond acceptors (Lipinski definition) is 4. The summed E-state index contributed by atoms with van der Waals surface area (Å²) in [5.41, 5.74) is 3.89. The minimum Gasteiger partial charge on any atom is -0.478 e. The van der Waals surface area contributed by atoms with Crippen molar-refractivity contribution in [1.82, 2.24) is 4.90 Å². The Bertz CT molecular complexity index is 1620. The van der Waals surface area contributed by atoms with E-state index in [0.717, 1.165) is 43.8 Å². The van der Waals surface area contributed by atoms with E-state index in [2.05, 4.69) is 28.1 Å². The number of furan rings is 1. The van der Waals surface area contributed by atoms with Crippen molar-refractivity contribution in [2.75, 3.05) is 13.7 Å². The van der Waals surface area contributed by atoms with Gasteiger partial charge in [0.15, 0.2) is 12.4 Å². The Labute approximate surface area is 224 Å². The molecule has 0 unspecified atom stereocenters. The van der Waals surface area contributed by atoms with Crippen LogP contribution in [0.15, 0.2) is 93.8 Å². The lowest BCUT2D eigenvalue weighted by atomic mass is 10.0. The summed E-state index contributed by atoms with van der Waals surface area (Å²) in [6.45, 7) is 0.390. The number of nitrogens with zero attached hydrogens (tertiary/aromatic N) is 2. The second-order valence-corrected chi connectivity index (χ2v) is 9.68. The number of hydrogen-bond donors (Lipinski definition) is 0. The van der Waals surface area contributed by atoms with Crippen molar-refractivity contribution in [3.8, 4) is 11.8 Å². The van der Waals surface area contributed by atoms with Gasteiger partial charge in [-0.05, 0) is 62.8 Å². The first-order chi connectivity index (χ1) is 18.1. The average molecular weight is 553 g/mol. The Hall–Kier alpha value is -4.08. The monoisotopic (exact) mass is 552 g/mol. The van der Waals surface area contributed by atoms with E-state index in [4.69, 9.17) is 14.4 Å². The van der Waals surface area contributed by atoms with E-state index in [1.807, 2.05) is 78.9 Å². The van der Waals surface area contributed by atoms with E-state index in [1.54, 1.807) is 11.9 Å². The molecule has 0 aliphatic rings. The fraction of sp³-hybridized carbons (Fsp3) is 0.161. The van der Waals surface area contributed by atoms with Crippen molar-refractivity contribution in [2.24, 2.45) is 0 Å². The highest BCUT2D eigenvalue weighted by Gasteiger charge is 2.24. The summed E-state index contributed by atoms with van der Waals surface area (Å²) in [5, 5.41) is 11.8. The van der Waals surface area contributed by atoms with Gasteiger partial charge in [-0.1, -0.05) is 72.8 Å². The maximum absolute atomic E-state index is 13.7. The van der Waals surface area contributed by atoms with Crippen LogP contribution in [0, 0.1) is 11.3 Å². The van der Waals surface area contributed by atoms with Crippen LogP contribution in [0.4, 0.5) is 0 Å². The lowest BCUT2D eigenvalue weighted by Crippen LogP contribution is -2.26. The number of halogens is 1. The molecule has 1 amide bonds. The molecular weight excluding hydrogens is 528 g/mol. The van der Waals surface area contributed by atoms with Gasteiger partial charge in [0.2, 0.25) is 0 Å². The number of fused-ring (bicyclic) bond motifs is 2. The molecule has 5 aromatic rings. The molecule has 0 saturated carbocycles. The van der Waals surface area contributed by atoms with Crippen LogP contribution in [0.3, 0.4) is 0 Å². The maximum atomic E-state index is 13.7. The molecule has 0 radical (unpaired) electrons. The third-order valence-corrected chi connectivity index (χ3v) is 7.31. The van der Waals surface area contributed by atoms with Crippen molar-refractivity contribution in [1.29, 1.82) is 5.26 Å². The first kappa shape index (κ1) is 24.6. The van der Waals surface area contributed by atoms with Gasteiger partial charge in [0, 0.05) is 24.5 Å². The number of amides is 1. The van der Waals surface area contributed by atoms with Crippen LogP contribution >= 0.6 is 15.9 Å². The molecule has 0 fully saturated rings. The predicted molar refractivity (Wildman–Crippen MR) is 149 cm³/mol. The Morgan fingerprint density at radius 3 is 2.49 bits per heavy atom. The zero-order valence-electron chi connectivity index (χ0n) is 20.4. The standard InChI is InChI=1S/C31H25BrN2O3/c1-34(20-22-10-7-12-25-23(22)16-17-28(29(25)32)36-19-18-33)31(35)30-26(15-14-21-8-3-2-4-9-21)24-11-5-6-13-27(24)37-30/h2-13,16-17H,14-15,19-20H2,1H3. The molecule has 37 heavy (non-hydrogen) atoms. The number of carbonyl (C=O) groups excluding carboxylic acids is 1. The normalized spacial score (nSPS) is 10.9. The number of ether oxygens (including phenoxy) is 1. The molecule has 1 aromatic heterocycles. The second kappa shape index (κ2) is 10.9. The Morgan fingerprint density at radius 2 is 1.68 bits per heavy atom.